The van der Waals surface area contributed by atoms with E-state index in [4.69, 9.17) is 4.74 Å². The number of carbonyl (C=O) groups excluding carboxylic acids is 3. The van der Waals surface area contributed by atoms with Crippen molar-refractivity contribution >= 4 is 29.0 Å². The Labute approximate surface area is 182 Å². The monoisotopic (exact) mass is 418 g/mol. The molecule has 0 saturated carbocycles. The third-order valence-corrected chi connectivity index (χ3v) is 5.59. The van der Waals surface area contributed by atoms with Gasteiger partial charge >= 0.3 is 5.97 Å². The van der Waals surface area contributed by atoms with E-state index in [1.54, 1.807) is 24.3 Å². The Kier molecular flexibility index (Phi) is 6.16. The Morgan fingerprint density at radius 2 is 1.58 bits per heavy atom. The molecule has 6 nitrogen and oxygen atoms in total. The Hall–Kier alpha value is -3.41. The number of piperidine rings is 1. The van der Waals surface area contributed by atoms with Gasteiger partial charge in [-0.05, 0) is 55.5 Å². The molecule has 2 aliphatic heterocycles. The second kappa shape index (κ2) is 9.16. The Morgan fingerprint density at radius 1 is 0.903 bits per heavy atom. The third kappa shape index (κ3) is 4.10. The van der Waals surface area contributed by atoms with Crippen LogP contribution in [0.25, 0.3) is 5.57 Å². The fraction of sp³-hybridized carbons (Fsp3) is 0.320. The molecule has 0 unspecified atom stereocenters. The number of nitrogens with zero attached hydrogens (tertiary/aromatic N) is 2. The average Bonchev–Trinajstić information content (AvgIpc) is 3.08. The van der Waals surface area contributed by atoms with Crippen molar-refractivity contribution < 1.29 is 19.1 Å². The van der Waals surface area contributed by atoms with Crippen LogP contribution in [0, 0.1) is 0 Å². The van der Waals surface area contributed by atoms with Crippen molar-refractivity contribution in [3.05, 3.63) is 71.4 Å². The van der Waals surface area contributed by atoms with E-state index in [1.165, 1.54) is 4.90 Å². The molecule has 2 aliphatic rings. The molecule has 0 radical (unpaired) electrons. The first-order valence-electron chi connectivity index (χ1n) is 10.8. The predicted octanol–water partition coefficient (Wildman–Crippen LogP) is 4.02. The first-order valence-corrected chi connectivity index (χ1v) is 10.8. The van der Waals surface area contributed by atoms with Crippen LogP contribution < -0.4 is 4.90 Å². The fourth-order valence-corrected chi connectivity index (χ4v) is 4.05. The van der Waals surface area contributed by atoms with Crippen molar-refractivity contribution in [2.24, 2.45) is 0 Å². The van der Waals surface area contributed by atoms with Gasteiger partial charge in [-0.25, -0.2) is 9.69 Å². The van der Waals surface area contributed by atoms with E-state index >= 15 is 0 Å². The topological polar surface area (TPSA) is 66.9 Å². The highest BCUT2D eigenvalue weighted by Gasteiger charge is 2.42. The number of hydrogen-bond acceptors (Lipinski definition) is 5. The lowest BCUT2D eigenvalue weighted by Gasteiger charge is -2.29. The minimum absolute atomic E-state index is 0.313. The zero-order valence-electron chi connectivity index (χ0n) is 17.7. The van der Waals surface area contributed by atoms with E-state index in [0.29, 0.717) is 29.1 Å². The number of hydrogen-bond donors (Lipinski definition) is 0. The maximum Gasteiger partial charge on any atom is 0.338 e. The van der Waals surface area contributed by atoms with Gasteiger partial charge in [0.25, 0.3) is 11.8 Å². The zero-order valence-corrected chi connectivity index (χ0v) is 17.7. The molecule has 2 amide bonds. The number of amides is 2. The van der Waals surface area contributed by atoms with E-state index < -0.39 is 5.97 Å². The molecule has 0 N–H and O–H groups in total. The first-order chi connectivity index (χ1) is 15.1. The molecular formula is C25H26N2O4. The Bertz CT molecular complexity index is 1010. The van der Waals surface area contributed by atoms with Crippen LogP contribution in [-0.4, -0.2) is 42.4 Å². The normalized spacial score (nSPS) is 16.8. The van der Waals surface area contributed by atoms with E-state index in [9.17, 15) is 14.4 Å². The smallest absolute Gasteiger partial charge is 0.338 e. The molecule has 0 aliphatic carbocycles. The van der Waals surface area contributed by atoms with Crippen LogP contribution in [0.15, 0.2) is 60.3 Å². The van der Waals surface area contributed by atoms with E-state index in [-0.39, 0.29) is 11.8 Å². The SMILES string of the molecule is CCCOC(=O)c1ccc(N2C(=O)C(c3ccccc3)=C(N3CCCCC3)C2=O)cc1. The van der Waals surface area contributed by atoms with Crippen LogP contribution in [0.1, 0.15) is 48.5 Å². The molecule has 0 aromatic heterocycles. The van der Waals surface area contributed by atoms with Gasteiger partial charge in [-0.1, -0.05) is 37.3 Å². The number of imide groups is 1. The summed E-state index contributed by atoms with van der Waals surface area (Å²) in [4.78, 5) is 42.3. The highest BCUT2D eigenvalue weighted by molar-refractivity contribution is 6.45. The van der Waals surface area contributed by atoms with Gasteiger partial charge in [-0.15, -0.1) is 0 Å². The summed E-state index contributed by atoms with van der Waals surface area (Å²) >= 11 is 0. The van der Waals surface area contributed by atoms with E-state index in [1.807, 2.05) is 42.2 Å². The highest BCUT2D eigenvalue weighted by Crippen LogP contribution is 2.35. The summed E-state index contributed by atoms with van der Waals surface area (Å²) in [5, 5.41) is 0. The van der Waals surface area contributed by atoms with Crippen molar-refractivity contribution in [2.75, 3.05) is 24.6 Å². The molecule has 2 aromatic carbocycles. The number of carbonyl (C=O) groups is 3. The van der Waals surface area contributed by atoms with Gasteiger partial charge in [0, 0.05) is 13.1 Å². The van der Waals surface area contributed by atoms with Gasteiger partial charge in [-0.2, -0.15) is 0 Å². The zero-order chi connectivity index (χ0) is 21.8. The van der Waals surface area contributed by atoms with Gasteiger partial charge in [0.15, 0.2) is 0 Å². The second-order valence-electron chi connectivity index (χ2n) is 7.77. The maximum absolute atomic E-state index is 13.5. The second-order valence-corrected chi connectivity index (χ2v) is 7.77. The van der Waals surface area contributed by atoms with E-state index in [0.717, 1.165) is 44.3 Å². The Balaban J connectivity index is 1.67. The molecule has 160 valence electrons. The standard InChI is InChI=1S/C25H26N2O4/c1-2-17-31-25(30)19-11-13-20(14-12-19)27-23(28)21(18-9-5-3-6-10-18)22(24(27)29)26-15-7-4-8-16-26/h3,5-6,9-14H,2,4,7-8,15-17H2,1H3. The van der Waals surface area contributed by atoms with Gasteiger partial charge in [-0.3, -0.25) is 9.59 Å². The minimum Gasteiger partial charge on any atom is -0.462 e. The quantitative estimate of drug-likeness (QED) is 0.524. The predicted molar refractivity (Wildman–Crippen MR) is 118 cm³/mol. The first kappa shape index (κ1) is 20.8. The largest absolute Gasteiger partial charge is 0.462 e. The van der Waals surface area contributed by atoms with Gasteiger partial charge in [0.1, 0.15) is 5.70 Å². The molecule has 0 atom stereocenters. The molecular weight excluding hydrogens is 392 g/mol. The van der Waals surface area contributed by atoms with Crippen LogP contribution >= 0.6 is 0 Å². The van der Waals surface area contributed by atoms with Crippen molar-refractivity contribution in [3.8, 4) is 0 Å². The van der Waals surface area contributed by atoms with Crippen molar-refractivity contribution in [1.29, 1.82) is 0 Å². The summed E-state index contributed by atoms with van der Waals surface area (Å²) < 4.78 is 5.15. The molecule has 0 spiro atoms. The van der Waals surface area contributed by atoms with Crippen LogP contribution in [0.2, 0.25) is 0 Å². The summed E-state index contributed by atoms with van der Waals surface area (Å²) in [6.07, 6.45) is 3.88. The molecule has 4 rings (SSSR count). The number of likely N-dealkylation sites (tertiary alicyclic amines) is 1. The summed E-state index contributed by atoms with van der Waals surface area (Å²) in [6, 6.07) is 15.8. The number of ether oxygens (including phenoxy) is 1. The van der Waals surface area contributed by atoms with Gasteiger partial charge in [0.05, 0.1) is 23.4 Å². The number of anilines is 1. The van der Waals surface area contributed by atoms with Gasteiger partial charge < -0.3 is 9.64 Å². The third-order valence-electron chi connectivity index (χ3n) is 5.59. The van der Waals surface area contributed by atoms with Gasteiger partial charge in [0.2, 0.25) is 0 Å². The molecule has 1 fully saturated rings. The molecule has 1 saturated heterocycles. The van der Waals surface area contributed by atoms with Crippen molar-refractivity contribution in [2.45, 2.75) is 32.6 Å². The summed E-state index contributed by atoms with van der Waals surface area (Å²) in [5.74, 6) is -1.06. The van der Waals surface area contributed by atoms with Crippen LogP contribution in [0.4, 0.5) is 5.69 Å². The average molecular weight is 418 g/mol. The minimum atomic E-state index is -0.412. The lowest BCUT2D eigenvalue weighted by Crippen LogP contribution is -2.37. The fourth-order valence-electron chi connectivity index (χ4n) is 4.05. The highest BCUT2D eigenvalue weighted by atomic mass is 16.5. The van der Waals surface area contributed by atoms with Crippen LogP contribution in [0.5, 0.6) is 0 Å². The maximum atomic E-state index is 13.5. The number of benzene rings is 2. The molecule has 2 heterocycles. The van der Waals surface area contributed by atoms with Crippen LogP contribution in [0.3, 0.4) is 0 Å². The summed E-state index contributed by atoms with van der Waals surface area (Å²) in [7, 11) is 0. The molecule has 31 heavy (non-hydrogen) atoms. The molecule has 2 aromatic rings. The summed E-state index contributed by atoms with van der Waals surface area (Å²) in [6.45, 7) is 3.81. The molecule has 6 heteroatoms. The van der Waals surface area contributed by atoms with Crippen molar-refractivity contribution in [1.82, 2.24) is 4.90 Å². The lowest BCUT2D eigenvalue weighted by molar-refractivity contribution is -0.120. The number of rotatable bonds is 6. The molecule has 0 bridgehead atoms. The lowest BCUT2D eigenvalue weighted by atomic mass is 10.0. The Morgan fingerprint density at radius 3 is 2.23 bits per heavy atom. The van der Waals surface area contributed by atoms with Crippen LogP contribution in [-0.2, 0) is 14.3 Å². The van der Waals surface area contributed by atoms with Crippen molar-refractivity contribution in [3.63, 3.8) is 0 Å². The van der Waals surface area contributed by atoms with E-state index in [2.05, 4.69) is 0 Å². The summed E-state index contributed by atoms with van der Waals surface area (Å²) in [5.41, 5.74) is 2.50. The number of esters is 1.